The number of hydrogen-bond donors (Lipinski definition) is 17. The van der Waals surface area contributed by atoms with E-state index in [4.69, 9.17) is 28.7 Å². The molecule has 426 valence electrons. The van der Waals surface area contributed by atoms with Crippen molar-refractivity contribution in [2.75, 3.05) is 18.9 Å². The minimum atomic E-state index is -1.82. The molecule has 0 saturated heterocycles. The first-order valence-electron chi connectivity index (χ1n) is 24.5. The number of carbonyl (C=O) groups excluding carboxylic acids is 10. The molecule has 0 radical (unpaired) electrons. The number of guanidine groups is 1. The molecule has 10 amide bonds. The Hall–Kier alpha value is -7.27. The van der Waals surface area contributed by atoms with E-state index in [2.05, 4.69) is 60.2 Å². The number of nitrogens with two attached hydrogens (primary N) is 5. The van der Waals surface area contributed by atoms with E-state index >= 15 is 0 Å². The molecule has 0 heterocycles. The molecule has 29 heteroatoms. The fraction of sp³-hybridized carbons (Fsp3) is 0.617. The maximum Gasteiger partial charge on any atom is 0.326 e. The number of amides is 10. The monoisotopic (exact) mass is 1090 g/mol. The average Bonchev–Trinajstić information content (AvgIpc) is 3.32. The van der Waals surface area contributed by atoms with Crippen molar-refractivity contribution < 1.29 is 68.1 Å². The van der Waals surface area contributed by atoms with E-state index in [1.165, 1.54) is 24.3 Å². The van der Waals surface area contributed by atoms with Crippen molar-refractivity contribution in [2.45, 2.75) is 147 Å². The fourth-order valence-corrected chi connectivity index (χ4v) is 7.34. The summed E-state index contributed by atoms with van der Waals surface area (Å²) in [5, 5.41) is 49.3. The van der Waals surface area contributed by atoms with Crippen LogP contribution in [0.4, 0.5) is 0 Å². The average molecular weight is 1100 g/mol. The van der Waals surface area contributed by atoms with E-state index in [9.17, 15) is 68.1 Å². The zero-order valence-corrected chi connectivity index (χ0v) is 44.5. The first-order chi connectivity index (χ1) is 35.5. The molecule has 0 aliphatic heterocycles. The Morgan fingerprint density at radius 1 is 0.566 bits per heavy atom. The molecule has 0 saturated carbocycles. The van der Waals surface area contributed by atoms with E-state index in [0.717, 1.165) is 0 Å². The minimum absolute atomic E-state index is 0.0370. The highest BCUT2D eigenvalue weighted by molar-refractivity contribution is 7.80. The molecule has 0 aliphatic carbocycles. The lowest BCUT2D eigenvalue weighted by atomic mass is 9.98. The number of carbonyl (C=O) groups is 11. The van der Waals surface area contributed by atoms with Crippen LogP contribution in [0.15, 0.2) is 29.3 Å². The van der Waals surface area contributed by atoms with Crippen LogP contribution in [0.5, 0.6) is 5.75 Å². The molecule has 0 unspecified atom stereocenters. The number of aliphatic imine (C=N–C) groups is 1. The number of aliphatic carboxylic acids is 1. The molecule has 9 atom stereocenters. The summed E-state index contributed by atoms with van der Waals surface area (Å²) < 4.78 is 0. The van der Waals surface area contributed by atoms with E-state index in [0.29, 0.717) is 5.56 Å². The number of benzene rings is 1. The molecular formula is C47H78N14O14S. The second-order valence-corrected chi connectivity index (χ2v) is 19.6. The lowest BCUT2D eigenvalue weighted by Gasteiger charge is -2.29. The highest BCUT2D eigenvalue weighted by Gasteiger charge is 2.36. The van der Waals surface area contributed by atoms with Crippen molar-refractivity contribution in [1.29, 1.82) is 0 Å². The minimum Gasteiger partial charge on any atom is -0.508 e. The van der Waals surface area contributed by atoms with Crippen molar-refractivity contribution in [1.82, 2.24) is 42.5 Å². The third kappa shape index (κ3) is 25.3. The number of nitrogens with one attached hydrogen (secondary N) is 8. The number of phenols is 1. The van der Waals surface area contributed by atoms with Crippen molar-refractivity contribution in [3.05, 3.63) is 29.8 Å². The first kappa shape index (κ1) is 66.7. The normalized spacial score (nSPS) is 14.7. The number of phenolic OH excluding ortho intramolecular Hbond substituents is 1. The van der Waals surface area contributed by atoms with Gasteiger partial charge in [0.25, 0.3) is 0 Å². The van der Waals surface area contributed by atoms with Gasteiger partial charge in [0.1, 0.15) is 54.1 Å². The number of nitrogens with zero attached hydrogens (tertiary/aromatic N) is 1. The van der Waals surface area contributed by atoms with Crippen LogP contribution in [0.1, 0.15) is 92.1 Å². The van der Waals surface area contributed by atoms with E-state index in [1.54, 1.807) is 41.5 Å². The molecule has 76 heavy (non-hydrogen) atoms. The molecule has 1 aromatic rings. The molecule has 0 aliphatic rings. The van der Waals surface area contributed by atoms with Crippen LogP contribution in [0.25, 0.3) is 0 Å². The van der Waals surface area contributed by atoms with E-state index in [1.807, 2.05) is 0 Å². The van der Waals surface area contributed by atoms with Gasteiger partial charge in [-0.05, 0) is 67.6 Å². The van der Waals surface area contributed by atoms with Gasteiger partial charge in [-0.15, -0.1) is 0 Å². The highest BCUT2D eigenvalue weighted by atomic mass is 32.1. The summed E-state index contributed by atoms with van der Waals surface area (Å²) in [4.78, 5) is 149. The second-order valence-electron chi connectivity index (χ2n) is 19.2. The summed E-state index contributed by atoms with van der Waals surface area (Å²) in [5.74, 6) is -12.6. The van der Waals surface area contributed by atoms with Crippen molar-refractivity contribution in [3.63, 3.8) is 0 Å². The zero-order chi connectivity index (χ0) is 58.0. The van der Waals surface area contributed by atoms with Crippen LogP contribution >= 0.6 is 12.6 Å². The number of carboxylic acid groups (broad SMARTS) is 1. The molecule has 1 aromatic carbocycles. The van der Waals surface area contributed by atoms with Crippen LogP contribution < -0.4 is 71.2 Å². The topological polar surface area (TPSA) is 487 Å². The van der Waals surface area contributed by atoms with Gasteiger partial charge in [-0.2, -0.15) is 12.6 Å². The van der Waals surface area contributed by atoms with Crippen molar-refractivity contribution in [2.24, 2.45) is 51.4 Å². The molecule has 21 N–H and O–H groups in total. The van der Waals surface area contributed by atoms with Gasteiger partial charge in [-0.1, -0.05) is 53.7 Å². The summed E-state index contributed by atoms with van der Waals surface area (Å²) in [6, 6.07) is -7.44. The number of carboxylic acids is 1. The van der Waals surface area contributed by atoms with E-state index < -0.39 is 151 Å². The van der Waals surface area contributed by atoms with Crippen molar-refractivity contribution in [3.8, 4) is 5.75 Å². The fourth-order valence-electron chi connectivity index (χ4n) is 7.18. The van der Waals surface area contributed by atoms with Gasteiger partial charge in [0.15, 0.2) is 5.96 Å². The summed E-state index contributed by atoms with van der Waals surface area (Å²) >= 11 is 4.04. The molecule has 0 bridgehead atoms. The third-order valence-corrected chi connectivity index (χ3v) is 11.6. The van der Waals surface area contributed by atoms with E-state index in [-0.39, 0.29) is 67.9 Å². The Morgan fingerprint density at radius 3 is 1.49 bits per heavy atom. The Morgan fingerprint density at radius 2 is 1.01 bits per heavy atom. The Kier molecular flexibility index (Phi) is 29.5. The van der Waals surface area contributed by atoms with Crippen LogP contribution in [-0.4, -0.2) is 160 Å². The van der Waals surface area contributed by atoms with Gasteiger partial charge in [-0.3, -0.25) is 52.9 Å². The van der Waals surface area contributed by atoms with Gasteiger partial charge < -0.3 is 86.5 Å². The molecule has 28 nitrogen and oxygen atoms in total. The number of rotatable bonds is 35. The number of hydrogen-bond acceptors (Lipinski definition) is 16. The summed E-state index contributed by atoms with van der Waals surface area (Å²) in [5.41, 5.74) is 27.8. The predicted molar refractivity (Wildman–Crippen MR) is 280 cm³/mol. The number of thiol groups is 1. The largest absolute Gasteiger partial charge is 0.508 e. The zero-order valence-electron chi connectivity index (χ0n) is 43.6. The summed E-state index contributed by atoms with van der Waals surface area (Å²) in [6.07, 6.45) is -2.00. The third-order valence-electron chi connectivity index (χ3n) is 11.2. The number of aromatic hydroxyl groups is 1. The van der Waals surface area contributed by atoms with Crippen LogP contribution in [0, 0.1) is 17.8 Å². The Bertz CT molecular complexity index is 2200. The lowest BCUT2D eigenvalue weighted by molar-refractivity contribution is -0.142. The number of aliphatic hydroxyl groups is 1. The maximum absolute atomic E-state index is 13.9. The molecular weight excluding hydrogens is 1020 g/mol. The molecule has 0 spiro atoms. The van der Waals surface area contributed by atoms with Crippen LogP contribution in [-0.2, 0) is 59.2 Å². The lowest BCUT2D eigenvalue weighted by Crippen LogP contribution is -2.61. The Balaban J connectivity index is 3.39. The molecule has 0 fully saturated rings. The smallest absolute Gasteiger partial charge is 0.326 e. The quantitative estimate of drug-likeness (QED) is 0.0131. The predicted octanol–water partition coefficient (Wildman–Crippen LogP) is -4.91. The van der Waals surface area contributed by atoms with Gasteiger partial charge >= 0.3 is 5.97 Å². The Labute approximate surface area is 446 Å². The van der Waals surface area contributed by atoms with Crippen LogP contribution in [0.2, 0.25) is 0 Å². The first-order valence-corrected chi connectivity index (χ1v) is 25.2. The molecule has 0 aromatic heterocycles. The highest BCUT2D eigenvalue weighted by Crippen LogP contribution is 2.14. The summed E-state index contributed by atoms with van der Waals surface area (Å²) in [7, 11) is 0. The number of aliphatic hydroxyl groups excluding tert-OH is 1. The van der Waals surface area contributed by atoms with Gasteiger partial charge in [0, 0.05) is 25.1 Å². The standard InChI is InChI=1S/C47H78N14O14S/c1-22(2)16-30(40(68)55-29(46(74)75)8-7-15-53-47(51)52)57-42(70)33(19-36(50)65)58-39(67)28(13-14-35(49)64)54-44(72)34(20-62)60-41(69)31(17-23(3)4)59-45(73)37(24(5)6)61-43(71)32(56-38(66)27(48)21-76)18-25-9-11-26(63)12-10-25/h9-12,22-24,27-34,37,62-63,76H,7-8,13-21,48H2,1-6H3,(H2,49,64)(H2,50,65)(H,54,72)(H,55,68)(H,56,66)(H,57,70)(H,58,67)(H,59,73)(H,60,69)(H,61,71)(H,74,75)(H4,51,52,53)/t27-,28-,29-,30-,31-,32-,33-,34-,37-/m0/s1. The SMILES string of the molecule is CC(C)C[C@H](NC(=O)[C@H](CC(N)=O)NC(=O)[C@H](CCC(N)=O)NC(=O)[C@H](CO)NC(=O)[C@H](CC(C)C)NC(=O)[C@@H](NC(=O)[C@H](Cc1ccc(O)cc1)NC(=O)[C@@H](N)CS)C(C)C)C(=O)N[C@@H](CCCN=C(N)N)C(=O)O. The van der Waals surface area contributed by atoms with Gasteiger partial charge in [0.2, 0.25) is 59.1 Å². The number of primary amides is 2. The second kappa shape index (κ2) is 33.6. The van der Waals surface area contributed by atoms with Crippen molar-refractivity contribution >= 4 is 83.6 Å². The van der Waals surface area contributed by atoms with Gasteiger partial charge in [-0.25, -0.2) is 4.79 Å². The molecule has 1 rings (SSSR count). The summed E-state index contributed by atoms with van der Waals surface area (Å²) in [6.45, 7) is 9.04. The van der Waals surface area contributed by atoms with Crippen LogP contribution in [0.3, 0.4) is 0 Å². The van der Waals surface area contributed by atoms with Gasteiger partial charge in [0.05, 0.1) is 19.1 Å². The maximum atomic E-state index is 13.9.